The monoisotopic (exact) mass is 538 g/mol. The molecular weight excluding hydrogens is 504 g/mol. The van der Waals surface area contributed by atoms with Crippen LogP contribution in [0.5, 0.6) is 17.4 Å². The number of aryl methyl sites for hydroxylation is 1. The summed E-state index contributed by atoms with van der Waals surface area (Å²) in [5.41, 5.74) is 1.13. The first-order chi connectivity index (χ1) is 17.6. The lowest BCUT2D eigenvalue weighted by molar-refractivity contribution is -0.151. The summed E-state index contributed by atoms with van der Waals surface area (Å²) in [6.45, 7) is 4.53. The van der Waals surface area contributed by atoms with E-state index in [1.165, 1.54) is 20.5 Å². The molecule has 0 bridgehead atoms. The van der Waals surface area contributed by atoms with Crippen LogP contribution in [0.2, 0.25) is 0 Å². The smallest absolute Gasteiger partial charge is 0.490 e. The number of rotatable bonds is 11. The first-order valence-corrected chi connectivity index (χ1v) is 14.0. The van der Waals surface area contributed by atoms with E-state index < -0.39 is 16.0 Å². The number of carbonyl (C=O) groups excluding carboxylic acids is 1. The summed E-state index contributed by atoms with van der Waals surface area (Å²) < 4.78 is 45.2. The maximum Gasteiger partial charge on any atom is 0.528 e. The molecule has 37 heavy (non-hydrogen) atoms. The van der Waals surface area contributed by atoms with E-state index in [0.717, 1.165) is 0 Å². The van der Waals surface area contributed by atoms with Gasteiger partial charge in [-0.05, 0) is 26.0 Å². The van der Waals surface area contributed by atoms with Crippen molar-refractivity contribution in [1.82, 2.24) is 15.0 Å². The normalized spacial score (nSPS) is 14.8. The second-order valence-corrected chi connectivity index (χ2v) is 11.1. The molecular formula is C24H34N4O8S. The van der Waals surface area contributed by atoms with Crippen LogP contribution < -0.4 is 19.5 Å². The highest BCUT2D eigenvalue weighted by atomic mass is 32.2. The Labute approximate surface area is 217 Å². The molecule has 0 saturated carbocycles. The summed E-state index contributed by atoms with van der Waals surface area (Å²) in [4.78, 5) is 25.7. The molecule has 0 radical (unpaired) electrons. The predicted molar refractivity (Wildman–Crippen MR) is 136 cm³/mol. The van der Waals surface area contributed by atoms with Crippen LogP contribution in [-0.4, -0.2) is 81.1 Å². The van der Waals surface area contributed by atoms with Crippen LogP contribution in [0.25, 0.3) is 0 Å². The van der Waals surface area contributed by atoms with Gasteiger partial charge in [0.05, 0.1) is 26.1 Å². The highest BCUT2D eigenvalue weighted by Crippen LogP contribution is 2.37. The number of aromatic nitrogens is 2. The molecule has 0 unspecified atom stereocenters. The number of hydroxylamine groups is 2. The molecule has 1 saturated heterocycles. The third-order valence-corrected chi connectivity index (χ3v) is 6.34. The minimum absolute atomic E-state index is 0.00221. The Morgan fingerprint density at radius 3 is 2.51 bits per heavy atom. The summed E-state index contributed by atoms with van der Waals surface area (Å²) in [6, 6.07) is 5.20. The van der Waals surface area contributed by atoms with Crippen molar-refractivity contribution < 1.29 is 37.0 Å². The highest BCUT2D eigenvalue weighted by molar-refractivity contribution is 7.90. The van der Waals surface area contributed by atoms with E-state index in [2.05, 4.69) is 15.3 Å². The molecule has 0 aromatic carbocycles. The molecule has 0 aliphatic carbocycles. The van der Waals surface area contributed by atoms with Crippen molar-refractivity contribution in [3.8, 4) is 17.4 Å². The van der Waals surface area contributed by atoms with Crippen molar-refractivity contribution in [1.29, 1.82) is 0 Å². The molecule has 2 aromatic rings. The number of carbonyl (C=O) groups is 1. The van der Waals surface area contributed by atoms with Gasteiger partial charge in [-0.15, -0.1) is 5.06 Å². The fourth-order valence-corrected chi connectivity index (χ4v) is 4.22. The van der Waals surface area contributed by atoms with Crippen LogP contribution >= 0.6 is 0 Å². The SMILES string of the molecule is COc1nc(CCS(C)(=O)=O)ccc1Nc1nccc(OC2CCN(OC(=O)OC(C)C)CC2)c1OC. The Morgan fingerprint density at radius 1 is 1.16 bits per heavy atom. The van der Waals surface area contributed by atoms with Gasteiger partial charge >= 0.3 is 6.16 Å². The quantitative estimate of drug-likeness (QED) is 0.421. The maximum atomic E-state index is 11.7. The number of piperidine rings is 1. The van der Waals surface area contributed by atoms with Crippen LogP contribution in [0.4, 0.5) is 16.3 Å². The average molecular weight is 539 g/mol. The number of nitrogens with one attached hydrogen (secondary N) is 1. The molecule has 13 heteroatoms. The molecule has 0 spiro atoms. The Balaban J connectivity index is 1.66. The minimum atomic E-state index is -3.11. The van der Waals surface area contributed by atoms with Gasteiger partial charge in [-0.25, -0.2) is 23.2 Å². The zero-order valence-electron chi connectivity index (χ0n) is 21.7. The highest BCUT2D eigenvalue weighted by Gasteiger charge is 2.26. The number of methoxy groups -OCH3 is 2. The van der Waals surface area contributed by atoms with Crippen molar-refractivity contribution in [3.63, 3.8) is 0 Å². The largest absolute Gasteiger partial charge is 0.528 e. The first-order valence-electron chi connectivity index (χ1n) is 11.9. The number of hydrogen-bond acceptors (Lipinski definition) is 12. The third-order valence-electron chi connectivity index (χ3n) is 5.40. The number of ether oxygens (including phenoxy) is 4. The van der Waals surface area contributed by atoms with E-state index in [1.54, 1.807) is 43.3 Å². The number of anilines is 2. The molecule has 1 N–H and O–H groups in total. The predicted octanol–water partition coefficient (Wildman–Crippen LogP) is 3.14. The lowest BCUT2D eigenvalue weighted by Gasteiger charge is -2.30. The Morgan fingerprint density at radius 2 is 1.89 bits per heavy atom. The van der Waals surface area contributed by atoms with Gasteiger partial charge in [-0.2, -0.15) is 0 Å². The lowest BCUT2D eigenvalue weighted by Crippen LogP contribution is -2.39. The summed E-state index contributed by atoms with van der Waals surface area (Å²) >= 11 is 0. The molecule has 0 amide bonds. The van der Waals surface area contributed by atoms with Gasteiger partial charge in [0.25, 0.3) is 0 Å². The summed E-state index contributed by atoms with van der Waals surface area (Å²) in [6.07, 6.45) is 3.26. The van der Waals surface area contributed by atoms with Crippen molar-refractivity contribution in [2.24, 2.45) is 0 Å². The van der Waals surface area contributed by atoms with Crippen molar-refractivity contribution in [2.75, 3.05) is 44.6 Å². The minimum Gasteiger partial charge on any atom is -0.490 e. The Hall–Kier alpha value is -3.32. The van der Waals surface area contributed by atoms with E-state index in [0.29, 0.717) is 60.5 Å². The fourth-order valence-electron chi connectivity index (χ4n) is 3.64. The molecule has 0 atom stereocenters. The van der Waals surface area contributed by atoms with Crippen molar-refractivity contribution >= 4 is 27.5 Å². The van der Waals surface area contributed by atoms with Gasteiger partial charge in [0.2, 0.25) is 11.6 Å². The van der Waals surface area contributed by atoms with Gasteiger partial charge in [-0.1, -0.05) is 0 Å². The zero-order chi connectivity index (χ0) is 27.0. The Kier molecular flexibility index (Phi) is 9.75. The number of pyridine rings is 2. The number of nitrogens with zero attached hydrogens (tertiary/aromatic N) is 3. The molecule has 12 nitrogen and oxygen atoms in total. The van der Waals surface area contributed by atoms with Gasteiger partial charge in [-0.3, -0.25) is 0 Å². The van der Waals surface area contributed by atoms with E-state index in [1.807, 2.05) is 0 Å². The molecule has 204 valence electrons. The van der Waals surface area contributed by atoms with Crippen LogP contribution in [0.3, 0.4) is 0 Å². The summed E-state index contributed by atoms with van der Waals surface area (Å²) in [5, 5.41) is 4.73. The van der Waals surface area contributed by atoms with Crippen LogP contribution in [0, 0.1) is 0 Å². The third kappa shape index (κ3) is 8.64. The molecule has 1 aliphatic rings. The second-order valence-electron chi connectivity index (χ2n) is 8.81. The number of sulfone groups is 1. The first kappa shape index (κ1) is 28.3. The fraction of sp³-hybridized carbons (Fsp3) is 0.542. The standard InChI is InChI=1S/C24H34N4O8S/c1-16(2)34-24(29)36-28-13-9-18(10-14-28)35-20-8-12-25-22(21(20)32-3)27-19-7-6-17(26-23(19)33-4)11-15-37(5,30)31/h6-8,12,16,18H,9-11,13-15H2,1-5H3,(H,25,27). The Bertz CT molecular complexity index is 1170. The van der Waals surface area contributed by atoms with Gasteiger partial charge in [0, 0.05) is 56.6 Å². The lowest BCUT2D eigenvalue weighted by atomic mass is 10.1. The summed E-state index contributed by atoms with van der Waals surface area (Å²) in [7, 11) is -0.101. The van der Waals surface area contributed by atoms with Gasteiger partial charge in [0.15, 0.2) is 11.6 Å². The maximum absolute atomic E-state index is 11.7. The van der Waals surface area contributed by atoms with Gasteiger partial charge < -0.3 is 29.1 Å². The molecule has 1 aliphatic heterocycles. The van der Waals surface area contributed by atoms with E-state index >= 15 is 0 Å². The molecule has 3 rings (SSSR count). The van der Waals surface area contributed by atoms with Crippen molar-refractivity contribution in [3.05, 3.63) is 30.1 Å². The van der Waals surface area contributed by atoms with E-state index in [4.69, 9.17) is 23.8 Å². The molecule has 3 heterocycles. The topological polar surface area (TPSA) is 138 Å². The van der Waals surface area contributed by atoms with Crippen molar-refractivity contribution in [2.45, 2.75) is 45.3 Å². The van der Waals surface area contributed by atoms with Gasteiger partial charge in [0.1, 0.15) is 21.6 Å². The second kappa shape index (κ2) is 12.8. The molecule has 1 fully saturated rings. The van der Waals surface area contributed by atoms with Crippen LogP contribution in [-0.2, 0) is 25.8 Å². The number of hydrogen-bond donors (Lipinski definition) is 1. The summed E-state index contributed by atoms with van der Waals surface area (Å²) in [5.74, 6) is 1.61. The zero-order valence-corrected chi connectivity index (χ0v) is 22.5. The molecule has 2 aromatic heterocycles. The van der Waals surface area contributed by atoms with E-state index in [9.17, 15) is 13.2 Å². The van der Waals surface area contributed by atoms with Crippen LogP contribution in [0.1, 0.15) is 32.4 Å². The average Bonchev–Trinajstić information content (AvgIpc) is 2.84. The van der Waals surface area contributed by atoms with E-state index in [-0.39, 0.29) is 24.4 Å². The van der Waals surface area contributed by atoms with Crippen LogP contribution in [0.15, 0.2) is 24.4 Å².